The van der Waals surface area contributed by atoms with Gasteiger partial charge in [0.15, 0.2) is 5.76 Å². The SMILES string of the molecule is COC1=C(C)C(=O)O/C1=C1\O[C@@H]2CCCN3CCC[C@H]3[C@H]2[C@@H]1C. The molecule has 0 aromatic rings. The van der Waals surface area contributed by atoms with E-state index in [9.17, 15) is 4.79 Å². The minimum atomic E-state index is -0.324. The van der Waals surface area contributed by atoms with Crippen LogP contribution in [-0.4, -0.2) is 43.2 Å². The van der Waals surface area contributed by atoms with Gasteiger partial charge in [-0.05, 0) is 45.7 Å². The number of carbonyl (C=O) groups excluding carboxylic acids is 1. The van der Waals surface area contributed by atoms with Crippen LogP contribution in [0.15, 0.2) is 22.9 Å². The van der Waals surface area contributed by atoms with Crippen LogP contribution < -0.4 is 0 Å². The van der Waals surface area contributed by atoms with Gasteiger partial charge in [0.2, 0.25) is 5.76 Å². The van der Waals surface area contributed by atoms with Crippen LogP contribution in [0.3, 0.4) is 0 Å². The van der Waals surface area contributed by atoms with Gasteiger partial charge in [0.1, 0.15) is 11.9 Å². The van der Waals surface area contributed by atoms with Gasteiger partial charge in [0, 0.05) is 17.9 Å². The van der Waals surface area contributed by atoms with E-state index < -0.39 is 0 Å². The molecule has 3 fully saturated rings. The van der Waals surface area contributed by atoms with Gasteiger partial charge in [-0.2, -0.15) is 0 Å². The number of hydrogen-bond acceptors (Lipinski definition) is 5. The summed E-state index contributed by atoms with van der Waals surface area (Å²) in [5.74, 6) is 2.28. The van der Waals surface area contributed by atoms with Gasteiger partial charge in [-0.1, -0.05) is 6.92 Å². The van der Waals surface area contributed by atoms with Crippen LogP contribution in [0.5, 0.6) is 0 Å². The summed E-state index contributed by atoms with van der Waals surface area (Å²) in [5, 5.41) is 0. The Bertz CT molecular complexity index is 594. The Morgan fingerprint density at radius 3 is 2.70 bits per heavy atom. The van der Waals surface area contributed by atoms with Gasteiger partial charge in [-0.25, -0.2) is 4.79 Å². The van der Waals surface area contributed by atoms with Gasteiger partial charge >= 0.3 is 5.97 Å². The van der Waals surface area contributed by atoms with E-state index in [1.165, 1.54) is 32.4 Å². The number of fused-ring (bicyclic) bond motifs is 3. The molecule has 126 valence electrons. The van der Waals surface area contributed by atoms with E-state index in [2.05, 4.69) is 11.8 Å². The van der Waals surface area contributed by atoms with Gasteiger partial charge in [-0.15, -0.1) is 0 Å². The number of nitrogens with zero attached hydrogens (tertiary/aromatic N) is 1. The fraction of sp³-hybridized carbons (Fsp3) is 0.722. The first-order chi connectivity index (χ1) is 11.1. The van der Waals surface area contributed by atoms with Crippen LogP contribution in [0.1, 0.15) is 39.5 Å². The van der Waals surface area contributed by atoms with Crippen molar-refractivity contribution in [3.63, 3.8) is 0 Å². The maximum atomic E-state index is 11.9. The van der Waals surface area contributed by atoms with E-state index in [-0.39, 0.29) is 18.0 Å². The fourth-order valence-corrected chi connectivity index (χ4v) is 4.89. The summed E-state index contributed by atoms with van der Waals surface area (Å²) in [6, 6.07) is 0.601. The third-order valence-electron chi connectivity index (χ3n) is 5.97. The third-order valence-corrected chi connectivity index (χ3v) is 5.97. The summed E-state index contributed by atoms with van der Waals surface area (Å²) in [5.41, 5.74) is 0.528. The van der Waals surface area contributed by atoms with Crippen molar-refractivity contribution in [3.05, 3.63) is 22.9 Å². The molecule has 0 unspecified atom stereocenters. The van der Waals surface area contributed by atoms with Crippen LogP contribution in [-0.2, 0) is 19.0 Å². The second-order valence-electron chi connectivity index (χ2n) is 7.15. The second-order valence-corrected chi connectivity index (χ2v) is 7.15. The molecule has 4 aliphatic rings. The molecule has 4 heterocycles. The van der Waals surface area contributed by atoms with Crippen molar-refractivity contribution >= 4 is 5.97 Å². The summed E-state index contributed by atoms with van der Waals surface area (Å²) in [7, 11) is 1.58. The van der Waals surface area contributed by atoms with Crippen LogP contribution >= 0.6 is 0 Å². The Hall–Kier alpha value is -1.49. The van der Waals surface area contributed by atoms with Crippen molar-refractivity contribution in [2.75, 3.05) is 20.2 Å². The molecule has 0 amide bonds. The van der Waals surface area contributed by atoms with E-state index in [1.807, 2.05) is 0 Å². The minimum absolute atomic E-state index is 0.235. The van der Waals surface area contributed by atoms with Gasteiger partial charge in [0.05, 0.1) is 12.7 Å². The molecule has 5 nitrogen and oxygen atoms in total. The van der Waals surface area contributed by atoms with Crippen molar-refractivity contribution in [1.29, 1.82) is 0 Å². The van der Waals surface area contributed by atoms with Crippen molar-refractivity contribution < 1.29 is 19.0 Å². The monoisotopic (exact) mass is 319 g/mol. The first-order valence-electron chi connectivity index (χ1n) is 8.74. The van der Waals surface area contributed by atoms with Crippen molar-refractivity contribution in [2.45, 2.75) is 51.7 Å². The molecular weight excluding hydrogens is 294 g/mol. The molecule has 3 saturated heterocycles. The zero-order valence-electron chi connectivity index (χ0n) is 14.1. The topological polar surface area (TPSA) is 48.0 Å². The van der Waals surface area contributed by atoms with E-state index in [0.717, 1.165) is 12.2 Å². The average molecular weight is 319 g/mol. The van der Waals surface area contributed by atoms with Crippen LogP contribution in [0.2, 0.25) is 0 Å². The summed E-state index contributed by atoms with van der Waals surface area (Å²) >= 11 is 0. The number of cyclic esters (lactones) is 1. The van der Waals surface area contributed by atoms with Crippen molar-refractivity contribution in [1.82, 2.24) is 4.90 Å². The molecule has 4 aliphatic heterocycles. The van der Waals surface area contributed by atoms with E-state index in [1.54, 1.807) is 14.0 Å². The molecule has 4 rings (SSSR count). The van der Waals surface area contributed by atoms with Gasteiger partial charge in [-0.3, -0.25) is 4.90 Å². The highest BCUT2D eigenvalue weighted by atomic mass is 16.6. The maximum Gasteiger partial charge on any atom is 0.343 e. The molecule has 0 aromatic heterocycles. The largest absolute Gasteiger partial charge is 0.492 e. The summed E-state index contributed by atoms with van der Waals surface area (Å²) in [6.07, 6.45) is 5.03. The average Bonchev–Trinajstić information content (AvgIpc) is 3.15. The number of hydrogen-bond donors (Lipinski definition) is 0. The Kier molecular flexibility index (Phi) is 3.63. The number of carbonyl (C=O) groups is 1. The molecule has 0 aliphatic carbocycles. The molecule has 0 N–H and O–H groups in total. The smallest absolute Gasteiger partial charge is 0.343 e. The Morgan fingerprint density at radius 2 is 1.96 bits per heavy atom. The highest BCUT2D eigenvalue weighted by Crippen LogP contribution is 2.48. The molecule has 0 spiro atoms. The lowest BCUT2D eigenvalue weighted by Gasteiger charge is -2.29. The molecule has 0 aromatic carbocycles. The Morgan fingerprint density at radius 1 is 1.22 bits per heavy atom. The number of allylic oxidation sites excluding steroid dienone is 1. The minimum Gasteiger partial charge on any atom is -0.492 e. The van der Waals surface area contributed by atoms with Crippen molar-refractivity contribution in [2.24, 2.45) is 11.8 Å². The quantitative estimate of drug-likeness (QED) is 0.695. The summed E-state index contributed by atoms with van der Waals surface area (Å²) in [6.45, 7) is 6.36. The summed E-state index contributed by atoms with van der Waals surface area (Å²) in [4.78, 5) is 14.5. The first-order valence-corrected chi connectivity index (χ1v) is 8.74. The second kappa shape index (κ2) is 5.55. The van der Waals surface area contributed by atoms with Crippen LogP contribution in [0, 0.1) is 11.8 Å². The lowest BCUT2D eigenvalue weighted by molar-refractivity contribution is -0.133. The van der Waals surface area contributed by atoms with Crippen LogP contribution in [0.25, 0.3) is 0 Å². The molecule has 23 heavy (non-hydrogen) atoms. The number of esters is 1. The molecule has 0 saturated carbocycles. The summed E-state index contributed by atoms with van der Waals surface area (Å²) < 4.78 is 17.2. The predicted molar refractivity (Wildman–Crippen MR) is 84.2 cm³/mol. The highest BCUT2D eigenvalue weighted by Gasteiger charge is 2.50. The van der Waals surface area contributed by atoms with Gasteiger partial charge < -0.3 is 14.2 Å². The first kappa shape index (κ1) is 15.1. The molecule has 0 bridgehead atoms. The lowest BCUT2D eigenvalue weighted by atomic mass is 9.82. The maximum absolute atomic E-state index is 11.9. The highest BCUT2D eigenvalue weighted by molar-refractivity contribution is 5.93. The molecule has 4 atom stereocenters. The fourth-order valence-electron chi connectivity index (χ4n) is 4.89. The zero-order valence-corrected chi connectivity index (χ0v) is 14.1. The molecule has 5 heteroatoms. The normalized spacial score (nSPS) is 40.6. The third kappa shape index (κ3) is 2.20. The predicted octanol–water partition coefficient (Wildman–Crippen LogP) is 2.58. The number of methoxy groups -OCH3 is 1. The van der Waals surface area contributed by atoms with E-state index in [0.29, 0.717) is 29.1 Å². The standard InChI is InChI=1S/C18H25NO4/c1-10-14-12-6-4-8-19(12)9-5-7-13(14)22-16(10)17-15(21-3)11(2)18(20)23-17/h10,12-14H,4-9H2,1-3H3/b17-16-/t10-,12-,13+,14+/m0/s1. The van der Waals surface area contributed by atoms with Gasteiger partial charge in [0.25, 0.3) is 0 Å². The van der Waals surface area contributed by atoms with E-state index >= 15 is 0 Å². The Labute approximate surface area is 137 Å². The molecular formula is C18H25NO4. The lowest BCUT2D eigenvalue weighted by Crippen LogP contribution is -2.38. The van der Waals surface area contributed by atoms with Crippen molar-refractivity contribution in [3.8, 4) is 0 Å². The van der Waals surface area contributed by atoms with E-state index in [4.69, 9.17) is 14.2 Å². The Balaban J connectivity index is 1.71. The zero-order chi connectivity index (χ0) is 16.1. The molecule has 0 radical (unpaired) electrons. The number of ether oxygens (including phenoxy) is 3. The van der Waals surface area contributed by atoms with Crippen LogP contribution in [0.4, 0.5) is 0 Å². The number of rotatable bonds is 1.